The van der Waals surface area contributed by atoms with E-state index in [0.29, 0.717) is 17.6 Å². The van der Waals surface area contributed by atoms with Crippen LogP contribution in [0.25, 0.3) is 61.7 Å². The van der Waals surface area contributed by atoms with Crippen LogP contribution in [-0.2, 0) is 0 Å². The second-order valence-corrected chi connectivity index (χ2v) is 12.5. The summed E-state index contributed by atoms with van der Waals surface area (Å²) in [5.74, 6) is 3.50. The highest BCUT2D eigenvalue weighted by atomic mass is 16.5. The summed E-state index contributed by atoms with van der Waals surface area (Å²) in [4.78, 5) is 17.4. The zero-order valence-corrected chi connectivity index (χ0v) is 27.4. The van der Waals surface area contributed by atoms with E-state index in [0.717, 1.165) is 72.6 Å². The highest BCUT2D eigenvalue weighted by Crippen LogP contribution is 2.50. The van der Waals surface area contributed by atoms with Crippen molar-refractivity contribution in [2.45, 2.75) is 0 Å². The fourth-order valence-corrected chi connectivity index (χ4v) is 7.07. The van der Waals surface area contributed by atoms with Gasteiger partial charge in [-0.3, -0.25) is 4.57 Å². The van der Waals surface area contributed by atoms with Crippen LogP contribution in [0.1, 0.15) is 0 Å². The van der Waals surface area contributed by atoms with Gasteiger partial charge in [-0.2, -0.15) is 9.97 Å². The molecule has 0 saturated carbocycles. The predicted octanol–water partition coefficient (Wildman–Crippen LogP) is 11.5. The molecular weight excluding hydrogens is 627 g/mol. The summed E-state index contributed by atoms with van der Waals surface area (Å²) in [6, 6.07) is 60.4. The normalized spacial score (nSPS) is 12.0. The van der Waals surface area contributed by atoms with E-state index in [1.165, 1.54) is 0 Å². The van der Waals surface area contributed by atoms with Crippen LogP contribution in [-0.4, -0.2) is 19.5 Å². The third-order valence-corrected chi connectivity index (χ3v) is 9.43. The molecule has 240 valence electrons. The van der Waals surface area contributed by atoms with Crippen LogP contribution < -0.4 is 9.64 Å². The van der Waals surface area contributed by atoms with Gasteiger partial charge in [0.1, 0.15) is 0 Å². The van der Waals surface area contributed by atoms with Gasteiger partial charge >= 0.3 is 0 Å². The number of rotatable bonds is 5. The Hall–Kier alpha value is -7.05. The SMILES string of the molecule is c1ccc(-c2nc(-c3ccccc3)nc(-n3c4ccccc4c4cc(-c5cccc(N6c7ccccc7Oc7ccccc76)c5)ccc43)n2)cc1. The molecule has 1 aliphatic heterocycles. The third kappa shape index (κ3) is 4.92. The summed E-state index contributed by atoms with van der Waals surface area (Å²) in [5.41, 5.74) is 9.24. The zero-order valence-electron chi connectivity index (χ0n) is 27.4. The van der Waals surface area contributed by atoms with Crippen LogP contribution in [0, 0.1) is 0 Å². The molecule has 7 aromatic carbocycles. The van der Waals surface area contributed by atoms with Gasteiger partial charge < -0.3 is 9.64 Å². The zero-order chi connectivity index (χ0) is 33.7. The highest BCUT2D eigenvalue weighted by Gasteiger charge is 2.25. The lowest BCUT2D eigenvalue weighted by Crippen LogP contribution is -2.15. The minimum absolute atomic E-state index is 0.577. The number of aromatic nitrogens is 4. The van der Waals surface area contributed by atoms with E-state index in [1.54, 1.807) is 0 Å². The molecule has 0 radical (unpaired) electrons. The average molecular weight is 656 g/mol. The van der Waals surface area contributed by atoms with Crippen molar-refractivity contribution >= 4 is 38.9 Å². The lowest BCUT2D eigenvalue weighted by atomic mass is 10.0. The number of nitrogens with zero attached hydrogens (tertiary/aromatic N) is 5. The molecule has 1 aliphatic rings. The Morgan fingerprint density at radius 2 is 0.941 bits per heavy atom. The maximum Gasteiger partial charge on any atom is 0.238 e. The number of fused-ring (bicyclic) bond motifs is 5. The molecule has 9 aromatic rings. The Labute approximate surface area is 294 Å². The van der Waals surface area contributed by atoms with E-state index in [9.17, 15) is 0 Å². The van der Waals surface area contributed by atoms with Crippen molar-refractivity contribution < 1.29 is 4.74 Å². The summed E-state index contributed by atoms with van der Waals surface area (Å²) in [6.07, 6.45) is 0. The van der Waals surface area contributed by atoms with Gasteiger partial charge in [-0.15, -0.1) is 0 Å². The van der Waals surface area contributed by atoms with Crippen LogP contribution in [0.3, 0.4) is 0 Å². The van der Waals surface area contributed by atoms with E-state index >= 15 is 0 Å². The molecule has 3 heterocycles. The first-order valence-corrected chi connectivity index (χ1v) is 17.0. The van der Waals surface area contributed by atoms with Gasteiger partial charge in [-0.1, -0.05) is 121 Å². The molecule has 0 aliphatic carbocycles. The van der Waals surface area contributed by atoms with Crippen LogP contribution in [0.2, 0.25) is 0 Å². The lowest BCUT2D eigenvalue weighted by molar-refractivity contribution is 0.477. The van der Waals surface area contributed by atoms with Crippen molar-refractivity contribution in [3.63, 3.8) is 0 Å². The predicted molar refractivity (Wildman–Crippen MR) is 205 cm³/mol. The van der Waals surface area contributed by atoms with Crippen LogP contribution >= 0.6 is 0 Å². The van der Waals surface area contributed by atoms with Gasteiger partial charge in [-0.05, 0) is 65.7 Å². The quantitative estimate of drug-likeness (QED) is 0.185. The first kappa shape index (κ1) is 28.9. The van der Waals surface area contributed by atoms with E-state index in [2.05, 4.69) is 100 Å². The van der Waals surface area contributed by atoms with Gasteiger partial charge in [-0.25, -0.2) is 4.98 Å². The monoisotopic (exact) mass is 655 g/mol. The number of anilines is 3. The minimum Gasteiger partial charge on any atom is -0.453 e. The fraction of sp³-hybridized carbons (Fsp3) is 0. The molecule has 0 unspecified atom stereocenters. The van der Waals surface area contributed by atoms with Crippen LogP contribution in [0.5, 0.6) is 11.5 Å². The maximum absolute atomic E-state index is 6.28. The Morgan fingerprint density at radius 3 is 1.63 bits per heavy atom. The molecule has 51 heavy (non-hydrogen) atoms. The van der Waals surface area contributed by atoms with Gasteiger partial charge in [0, 0.05) is 27.6 Å². The summed E-state index contributed by atoms with van der Waals surface area (Å²) in [7, 11) is 0. The van der Waals surface area contributed by atoms with Gasteiger partial charge in [0.25, 0.3) is 0 Å². The molecule has 0 N–H and O–H groups in total. The smallest absolute Gasteiger partial charge is 0.238 e. The van der Waals surface area contributed by atoms with Crippen LogP contribution in [0.4, 0.5) is 17.1 Å². The number of ether oxygens (including phenoxy) is 1. The summed E-state index contributed by atoms with van der Waals surface area (Å²) in [5, 5.41) is 2.25. The fourth-order valence-electron chi connectivity index (χ4n) is 7.07. The number of hydrogen-bond acceptors (Lipinski definition) is 5. The van der Waals surface area contributed by atoms with Crippen molar-refractivity contribution in [1.29, 1.82) is 0 Å². The molecule has 0 fully saturated rings. The summed E-state index contributed by atoms with van der Waals surface area (Å²) < 4.78 is 8.44. The Balaban J connectivity index is 1.13. The molecule has 6 heteroatoms. The second kappa shape index (κ2) is 11.8. The van der Waals surface area contributed by atoms with Crippen molar-refractivity contribution in [2.75, 3.05) is 4.90 Å². The highest BCUT2D eigenvalue weighted by molar-refractivity contribution is 6.10. The van der Waals surface area contributed by atoms with Gasteiger partial charge in [0.2, 0.25) is 5.95 Å². The molecule has 0 amide bonds. The molecular formula is C45H29N5O. The molecule has 10 rings (SSSR count). The first-order valence-electron chi connectivity index (χ1n) is 17.0. The standard InChI is InChI=1S/C45H29N5O/c1-3-14-30(15-4-1)43-46-44(31-16-5-2-6-17-31)48-45(47-43)50-37-21-8-7-20-35(37)36-29-33(26-27-38(36)50)32-18-13-19-34(28-32)49-39-22-9-11-24-41(39)51-42-25-12-10-23-40(42)49/h1-29H. The third-order valence-electron chi connectivity index (χ3n) is 9.43. The van der Waals surface area contributed by atoms with E-state index in [4.69, 9.17) is 19.7 Å². The van der Waals surface area contributed by atoms with E-state index in [1.807, 2.05) is 84.9 Å². The summed E-state index contributed by atoms with van der Waals surface area (Å²) in [6.45, 7) is 0. The number of hydrogen-bond donors (Lipinski definition) is 0. The van der Waals surface area contributed by atoms with Crippen LogP contribution in [0.15, 0.2) is 176 Å². The van der Waals surface area contributed by atoms with Crippen molar-refractivity contribution in [1.82, 2.24) is 19.5 Å². The van der Waals surface area contributed by atoms with Gasteiger partial charge in [0.05, 0.1) is 22.4 Å². The van der Waals surface area contributed by atoms with Crippen molar-refractivity contribution in [3.8, 4) is 51.3 Å². The molecule has 6 nitrogen and oxygen atoms in total. The molecule has 2 aromatic heterocycles. The Morgan fingerprint density at radius 1 is 0.392 bits per heavy atom. The second-order valence-electron chi connectivity index (χ2n) is 12.5. The Bertz CT molecular complexity index is 2640. The summed E-state index contributed by atoms with van der Waals surface area (Å²) >= 11 is 0. The Kier molecular flexibility index (Phi) is 6.70. The van der Waals surface area contributed by atoms with E-state index in [-0.39, 0.29) is 0 Å². The minimum atomic E-state index is 0.577. The number of benzene rings is 7. The molecule has 0 atom stereocenters. The lowest BCUT2D eigenvalue weighted by Gasteiger charge is -2.33. The number of para-hydroxylation sites is 5. The maximum atomic E-state index is 6.28. The van der Waals surface area contributed by atoms with Crippen molar-refractivity contribution in [2.24, 2.45) is 0 Å². The average Bonchev–Trinajstić information content (AvgIpc) is 3.54. The van der Waals surface area contributed by atoms with E-state index < -0.39 is 0 Å². The van der Waals surface area contributed by atoms with Crippen molar-refractivity contribution in [3.05, 3.63) is 176 Å². The largest absolute Gasteiger partial charge is 0.453 e. The molecule has 0 saturated heterocycles. The van der Waals surface area contributed by atoms with Gasteiger partial charge in [0.15, 0.2) is 23.1 Å². The first-order chi connectivity index (χ1) is 25.3. The molecule has 0 spiro atoms. The topological polar surface area (TPSA) is 56.1 Å². The molecule has 0 bridgehead atoms.